The van der Waals surface area contributed by atoms with E-state index < -0.39 is 0 Å². The first-order valence-electron chi connectivity index (χ1n) is 8.21. The number of hydrogen-bond donors (Lipinski definition) is 2. The third-order valence-electron chi connectivity index (χ3n) is 4.47. The maximum atomic E-state index is 12.4. The van der Waals surface area contributed by atoms with Crippen LogP contribution >= 0.6 is 0 Å². The van der Waals surface area contributed by atoms with E-state index in [0.717, 1.165) is 41.2 Å². The second-order valence-electron chi connectivity index (χ2n) is 6.39. The van der Waals surface area contributed by atoms with Crippen LogP contribution in [0.4, 0.5) is 10.5 Å². The van der Waals surface area contributed by atoms with Gasteiger partial charge in [-0.05, 0) is 55.2 Å². The van der Waals surface area contributed by atoms with Crippen molar-refractivity contribution >= 4 is 11.7 Å². The van der Waals surface area contributed by atoms with Crippen LogP contribution in [0.3, 0.4) is 0 Å². The molecule has 124 valence electrons. The van der Waals surface area contributed by atoms with E-state index in [0.29, 0.717) is 13.2 Å². The van der Waals surface area contributed by atoms with Crippen LogP contribution < -0.4 is 20.1 Å². The molecule has 1 fully saturated rings. The summed E-state index contributed by atoms with van der Waals surface area (Å²) in [5.74, 6) is 1.52. The van der Waals surface area contributed by atoms with E-state index in [2.05, 4.69) is 10.6 Å². The Morgan fingerprint density at radius 2 is 1.83 bits per heavy atom. The predicted octanol–water partition coefficient (Wildman–Crippen LogP) is 3.58. The van der Waals surface area contributed by atoms with Crippen LogP contribution in [0, 0.1) is 6.92 Å². The minimum atomic E-state index is -0.302. The van der Waals surface area contributed by atoms with Gasteiger partial charge in [0.2, 0.25) is 0 Å². The normalized spacial score (nSPS) is 17.0. The highest BCUT2D eigenvalue weighted by Gasteiger charge is 2.46. The molecule has 2 amide bonds. The molecule has 0 saturated heterocycles. The Bertz CT molecular complexity index is 784. The first kappa shape index (κ1) is 14.9. The zero-order valence-corrected chi connectivity index (χ0v) is 13.6. The van der Waals surface area contributed by atoms with Gasteiger partial charge in [-0.2, -0.15) is 0 Å². The van der Waals surface area contributed by atoms with Gasteiger partial charge in [-0.25, -0.2) is 4.79 Å². The van der Waals surface area contributed by atoms with Crippen LogP contribution in [-0.4, -0.2) is 19.2 Å². The average molecular weight is 324 g/mol. The molecule has 1 aliphatic carbocycles. The van der Waals surface area contributed by atoms with Gasteiger partial charge >= 0.3 is 6.03 Å². The highest BCUT2D eigenvalue weighted by Crippen LogP contribution is 2.47. The lowest BCUT2D eigenvalue weighted by Crippen LogP contribution is -2.38. The number of benzene rings is 2. The molecule has 5 nitrogen and oxygen atoms in total. The summed E-state index contributed by atoms with van der Waals surface area (Å²) >= 11 is 0. The van der Waals surface area contributed by atoms with E-state index in [9.17, 15) is 4.79 Å². The molecule has 0 unspecified atom stereocenters. The number of aryl methyl sites for hydroxylation is 1. The van der Waals surface area contributed by atoms with Gasteiger partial charge in [0.25, 0.3) is 0 Å². The summed E-state index contributed by atoms with van der Waals surface area (Å²) < 4.78 is 11.2. The van der Waals surface area contributed by atoms with Gasteiger partial charge in [-0.15, -0.1) is 0 Å². The van der Waals surface area contributed by atoms with Crippen molar-refractivity contribution in [2.24, 2.45) is 0 Å². The molecule has 4 rings (SSSR count). The van der Waals surface area contributed by atoms with Crippen LogP contribution in [0.15, 0.2) is 42.5 Å². The Morgan fingerprint density at radius 1 is 1.04 bits per heavy atom. The number of fused-ring (bicyclic) bond motifs is 1. The molecule has 0 aromatic heterocycles. The number of amides is 2. The largest absolute Gasteiger partial charge is 0.486 e. The number of hydrogen-bond acceptors (Lipinski definition) is 3. The van der Waals surface area contributed by atoms with E-state index in [4.69, 9.17) is 9.47 Å². The fourth-order valence-electron chi connectivity index (χ4n) is 3.05. The van der Waals surface area contributed by atoms with Gasteiger partial charge in [-0.3, -0.25) is 0 Å². The molecule has 2 aromatic rings. The van der Waals surface area contributed by atoms with Gasteiger partial charge in [-0.1, -0.05) is 18.2 Å². The van der Waals surface area contributed by atoms with Crippen molar-refractivity contribution in [3.8, 4) is 11.5 Å². The standard InChI is InChI=1S/C19H20N2O3/c1-13-3-2-4-15(11-13)20-18(22)21-19(7-8-19)14-5-6-16-17(12-14)24-10-9-23-16/h2-6,11-12H,7-10H2,1H3,(H2,20,21,22). The molecule has 1 aliphatic heterocycles. The maximum Gasteiger partial charge on any atom is 0.319 e. The van der Waals surface area contributed by atoms with Crippen molar-refractivity contribution in [2.75, 3.05) is 18.5 Å². The summed E-state index contributed by atoms with van der Waals surface area (Å²) in [5, 5.41) is 6.02. The second-order valence-corrected chi connectivity index (χ2v) is 6.39. The lowest BCUT2D eigenvalue weighted by atomic mass is 10.0. The van der Waals surface area contributed by atoms with Crippen molar-refractivity contribution in [1.82, 2.24) is 5.32 Å². The zero-order chi connectivity index (χ0) is 16.6. The summed E-state index contributed by atoms with van der Waals surface area (Å²) in [5.41, 5.74) is 2.67. The molecule has 2 N–H and O–H groups in total. The molecular weight excluding hydrogens is 304 g/mol. The maximum absolute atomic E-state index is 12.4. The summed E-state index contributed by atoms with van der Waals surface area (Å²) in [7, 11) is 0. The minimum absolute atomic E-state index is 0.187. The van der Waals surface area contributed by atoms with Crippen molar-refractivity contribution in [3.63, 3.8) is 0 Å². The van der Waals surface area contributed by atoms with Gasteiger partial charge < -0.3 is 20.1 Å². The SMILES string of the molecule is Cc1cccc(NC(=O)NC2(c3ccc4c(c3)OCCO4)CC2)c1. The van der Waals surface area contributed by atoms with Crippen LogP contribution in [0.1, 0.15) is 24.0 Å². The molecule has 5 heteroatoms. The predicted molar refractivity (Wildman–Crippen MR) is 91.7 cm³/mol. The average Bonchev–Trinajstić information content (AvgIpc) is 3.35. The van der Waals surface area contributed by atoms with Crippen molar-refractivity contribution < 1.29 is 14.3 Å². The van der Waals surface area contributed by atoms with Gasteiger partial charge in [0, 0.05) is 5.69 Å². The van der Waals surface area contributed by atoms with E-state index in [1.807, 2.05) is 49.4 Å². The Balaban J connectivity index is 1.48. The number of rotatable bonds is 3. The zero-order valence-electron chi connectivity index (χ0n) is 13.6. The summed E-state index contributed by atoms with van der Waals surface area (Å²) in [6, 6.07) is 13.5. The summed E-state index contributed by atoms with van der Waals surface area (Å²) in [6.45, 7) is 3.14. The molecule has 0 radical (unpaired) electrons. The Hall–Kier alpha value is -2.69. The second kappa shape index (κ2) is 5.74. The first-order chi connectivity index (χ1) is 11.6. The van der Waals surface area contributed by atoms with Crippen LogP contribution in [0.5, 0.6) is 11.5 Å². The lowest BCUT2D eigenvalue weighted by Gasteiger charge is -2.23. The molecule has 2 aliphatic rings. The lowest BCUT2D eigenvalue weighted by molar-refractivity contribution is 0.171. The fraction of sp³-hybridized carbons (Fsp3) is 0.316. The first-order valence-corrected chi connectivity index (χ1v) is 8.21. The van der Waals surface area contributed by atoms with E-state index in [-0.39, 0.29) is 11.6 Å². The monoisotopic (exact) mass is 324 g/mol. The van der Waals surface area contributed by atoms with Gasteiger partial charge in [0.1, 0.15) is 13.2 Å². The Kier molecular flexibility index (Phi) is 3.56. The van der Waals surface area contributed by atoms with E-state index in [1.165, 1.54) is 0 Å². The molecule has 1 saturated carbocycles. The molecule has 0 spiro atoms. The number of carbonyl (C=O) groups excluding carboxylic acids is 1. The molecule has 2 aromatic carbocycles. The highest BCUT2D eigenvalue weighted by molar-refractivity contribution is 5.90. The summed E-state index contributed by atoms with van der Waals surface area (Å²) in [6.07, 6.45) is 1.85. The Morgan fingerprint density at radius 3 is 2.58 bits per heavy atom. The van der Waals surface area contributed by atoms with E-state index >= 15 is 0 Å². The number of ether oxygens (including phenoxy) is 2. The van der Waals surface area contributed by atoms with Crippen LogP contribution in [-0.2, 0) is 5.54 Å². The third-order valence-corrected chi connectivity index (χ3v) is 4.47. The van der Waals surface area contributed by atoms with Crippen molar-refractivity contribution in [2.45, 2.75) is 25.3 Å². The molecule has 0 atom stereocenters. The topological polar surface area (TPSA) is 59.6 Å². The van der Waals surface area contributed by atoms with Crippen molar-refractivity contribution in [1.29, 1.82) is 0 Å². The van der Waals surface area contributed by atoms with Gasteiger partial charge in [0.15, 0.2) is 11.5 Å². The fourth-order valence-corrected chi connectivity index (χ4v) is 3.05. The van der Waals surface area contributed by atoms with Gasteiger partial charge in [0.05, 0.1) is 5.54 Å². The Labute approximate surface area is 141 Å². The number of anilines is 1. The molecule has 1 heterocycles. The van der Waals surface area contributed by atoms with E-state index in [1.54, 1.807) is 0 Å². The van der Waals surface area contributed by atoms with Crippen LogP contribution in [0.25, 0.3) is 0 Å². The number of nitrogens with one attached hydrogen (secondary N) is 2. The molecule has 24 heavy (non-hydrogen) atoms. The van der Waals surface area contributed by atoms with Crippen molar-refractivity contribution in [3.05, 3.63) is 53.6 Å². The number of urea groups is 1. The third kappa shape index (κ3) is 2.89. The number of carbonyl (C=O) groups is 1. The highest BCUT2D eigenvalue weighted by atomic mass is 16.6. The van der Waals surface area contributed by atoms with Crippen LogP contribution in [0.2, 0.25) is 0 Å². The molecular formula is C19H20N2O3. The summed E-state index contributed by atoms with van der Waals surface area (Å²) in [4.78, 5) is 12.4. The quantitative estimate of drug-likeness (QED) is 0.907. The smallest absolute Gasteiger partial charge is 0.319 e. The minimum Gasteiger partial charge on any atom is -0.486 e. The molecule has 0 bridgehead atoms.